The van der Waals surface area contributed by atoms with Gasteiger partial charge in [-0.2, -0.15) is 0 Å². The topological polar surface area (TPSA) is 73.9 Å². The molecule has 0 saturated carbocycles. The van der Waals surface area contributed by atoms with E-state index in [4.69, 9.17) is 5.73 Å². The van der Waals surface area contributed by atoms with Crippen molar-refractivity contribution in [2.75, 3.05) is 14.2 Å². The summed E-state index contributed by atoms with van der Waals surface area (Å²) < 4.78 is 4.63. The van der Waals surface area contributed by atoms with Gasteiger partial charge in [0.25, 0.3) is 0 Å². The number of nitrogens with two attached hydrogens (primary N) is 1. The Hall–Kier alpha value is -1.88. The summed E-state index contributed by atoms with van der Waals surface area (Å²) in [4.78, 5) is 16.1. The Morgan fingerprint density at radius 2 is 2.06 bits per heavy atom. The highest BCUT2D eigenvalue weighted by atomic mass is 16.6. The number of esters is 1. The van der Waals surface area contributed by atoms with Crippen LogP contribution in [-0.4, -0.2) is 25.9 Å². The van der Waals surface area contributed by atoms with Crippen LogP contribution in [0.4, 0.5) is 0 Å². The van der Waals surface area contributed by atoms with Crippen molar-refractivity contribution in [2.24, 2.45) is 10.9 Å². The van der Waals surface area contributed by atoms with Crippen molar-refractivity contribution in [1.29, 1.82) is 0 Å². The highest BCUT2D eigenvalue weighted by Gasteiger charge is 2.18. The molecule has 5 heteroatoms. The van der Waals surface area contributed by atoms with E-state index in [-0.39, 0.29) is 5.71 Å². The van der Waals surface area contributed by atoms with Gasteiger partial charge in [-0.05, 0) is 5.56 Å². The fraction of sp³-hybridized carbons (Fsp3) is 0.273. The summed E-state index contributed by atoms with van der Waals surface area (Å²) in [7, 11) is 2.66. The SMILES string of the molecule is CON=C(C(=O)OC)c1ccccc1CN. The van der Waals surface area contributed by atoms with Gasteiger partial charge in [0.05, 0.1) is 7.11 Å². The van der Waals surface area contributed by atoms with Crippen molar-refractivity contribution >= 4 is 11.7 Å². The Bertz CT molecular complexity index is 402. The molecule has 1 aromatic rings. The van der Waals surface area contributed by atoms with E-state index in [2.05, 4.69) is 14.7 Å². The van der Waals surface area contributed by atoms with Crippen LogP contribution >= 0.6 is 0 Å². The predicted molar refractivity (Wildman–Crippen MR) is 59.9 cm³/mol. The second-order valence-corrected chi connectivity index (χ2v) is 2.98. The summed E-state index contributed by atoms with van der Waals surface area (Å²) in [5.74, 6) is -0.553. The number of carbonyl (C=O) groups excluding carboxylic acids is 1. The molecule has 5 nitrogen and oxygen atoms in total. The van der Waals surface area contributed by atoms with E-state index in [9.17, 15) is 4.79 Å². The van der Waals surface area contributed by atoms with Gasteiger partial charge in [-0.1, -0.05) is 29.4 Å². The van der Waals surface area contributed by atoms with Gasteiger partial charge in [0.15, 0.2) is 5.71 Å². The molecule has 0 radical (unpaired) electrons. The fourth-order valence-corrected chi connectivity index (χ4v) is 1.31. The summed E-state index contributed by atoms with van der Waals surface area (Å²) in [6, 6.07) is 7.20. The largest absolute Gasteiger partial charge is 0.464 e. The Morgan fingerprint density at radius 3 is 2.62 bits per heavy atom. The molecular weight excluding hydrogens is 208 g/mol. The third kappa shape index (κ3) is 2.58. The maximum Gasteiger partial charge on any atom is 0.360 e. The van der Waals surface area contributed by atoms with Crippen LogP contribution in [0.15, 0.2) is 29.4 Å². The average molecular weight is 222 g/mol. The standard InChI is InChI=1S/C11H14N2O3/c1-15-11(14)10(13-16-2)9-6-4-3-5-8(9)7-12/h3-6H,7,12H2,1-2H3. The van der Waals surface area contributed by atoms with Crippen LogP contribution in [0.1, 0.15) is 11.1 Å². The number of hydrogen-bond donors (Lipinski definition) is 1. The number of ether oxygens (including phenoxy) is 1. The van der Waals surface area contributed by atoms with E-state index in [0.29, 0.717) is 12.1 Å². The highest BCUT2D eigenvalue weighted by Crippen LogP contribution is 2.10. The third-order valence-corrected chi connectivity index (χ3v) is 2.05. The lowest BCUT2D eigenvalue weighted by molar-refractivity contribution is -0.132. The molecule has 0 unspecified atom stereocenters. The van der Waals surface area contributed by atoms with Crippen LogP contribution < -0.4 is 5.73 Å². The van der Waals surface area contributed by atoms with Gasteiger partial charge in [-0.3, -0.25) is 0 Å². The lowest BCUT2D eigenvalue weighted by Gasteiger charge is -2.08. The molecule has 0 spiro atoms. The van der Waals surface area contributed by atoms with Gasteiger partial charge in [-0.25, -0.2) is 4.79 Å². The second kappa shape index (κ2) is 5.87. The quantitative estimate of drug-likeness (QED) is 0.461. The van der Waals surface area contributed by atoms with E-state index in [0.717, 1.165) is 5.56 Å². The first-order valence-electron chi connectivity index (χ1n) is 4.72. The Balaban J connectivity index is 3.21. The van der Waals surface area contributed by atoms with Crippen LogP contribution in [0.2, 0.25) is 0 Å². The van der Waals surface area contributed by atoms with E-state index < -0.39 is 5.97 Å². The van der Waals surface area contributed by atoms with Gasteiger partial charge < -0.3 is 15.3 Å². The molecule has 1 aromatic carbocycles. The molecule has 2 N–H and O–H groups in total. The zero-order chi connectivity index (χ0) is 12.0. The normalized spacial score (nSPS) is 11.1. The second-order valence-electron chi connectivity index (χ2n) is 2.98. The van der Waals surface area contributed by atoms with Gasteiger partial charge in [0, 0.05) is 12.1 Å². The zero-order valence-corrected chi connectivity index (χ0v) is 9.27. The number of methoxy groups -OCH3 is 1. The van der Waals surface area contributed by atoms with E-state index in [1.54, 1.807) is 12.1 Å². The number of carbonyl (C=O) groups is 1. The molecule has 0 aliphatic heterocycles. The molecule has 0 saturated heterocycles. The lowest BCUT2D eigenvalue weighted by Crippen LogP contribution is -2.20. The molecule has 0 aliphatic rings. The summed E-state index contributed by atoms with van der Waals surface area (Å²) >= 11 is 0. The fourth-order valence-electron chi connectivity index (χ4n) is 1.31. The van der Waals surface area contributed by atoms with Gasteiger partial charge in [0.1, 0.15) is 7.11 Å². The number of rotatable bonds is 4. The molecule has 0 bridgehead atoms. The van der Waals surface area contributed by atoms with Gasteiger partial charge >= 0.3 is 5.97 Å². The summed E-state index contributed by atoms with van der Waals surface area (Å²) in [6.45, 7) is 0.315. The third-order valence-electron chi connectivity index (χ3n) is 2.05. The van der Waals surface area contributed by atoms with E-state index in [1.807, 2.05) is 12.1 Å². The number of oxime groups is 1. The molecule has 0 atom stereocenters. The lowest BCUT2D eigenvalue weighted by atomic mass is 10.0. The van der Waals surface area contributed by atoms with Crippen molar-refractivity contribution in [3.63, 3.8) is 0 Å². The van der Waals surface area contributed by atoms with Crippen molar-refractivity contribution in [3.05, 3.63) is 35.4 Å². The van der Waals surface area contributed by atoms with E-state index >= 15 is 0 Å². The molecule has 1 rings (SSSR count). The molecule has 0 amide bonds. The number of benzene rings is 1. The number of nitrogens with zero attached hydrogens (tertiary/aromatic N) is 1. The molecular formula is C11H14N2O3. The van der Waals surface area contributed by atoms with Crippen LogP contribution in [0.3, 0.4) is 0 Å². The maximum absolute atomic E-state index is 11.5. The van der Waals surface area contributed by atoms with Crippen LogP contribution in [0.25, 0.3) is 0 Å². The first-order valence-corrected chi connectivity index (χ1v) is 4.72. The van der Waals surface area contributed by atoms with Gasteiger partial charge in [0.2, 0.25) is 0 Å². The minimum atomic E-state index is -0.553. The minimum Gasteiger partial charge on any atom is -0.464 e. The van der Waals surface area contributed by atoms with Crippen LogP contribution in [0.5, 0.6) is 0 Å². The molecule has 86 valence electrons. The molecule has 0 aliphatic carbocycles. The van der Waals surface area contributed by atoms with E-state index in [1.165, 1.54) is 14.2 Å². The van der Waals surface area contributed by atoms with Crippen LogP contribution in [-0.2, 0) is 20.9 Å². The van der Waals surface area contributed by atoms with Crippen LogP contribution in [0, 0.1) is 0 Å². The van der Waals surface area contributed by atoms with Gasteiger partial charge in [-0.15, -0.1) is 0 Å². The average Bonchev–Trinajstić information content (AvgIpc) is 2.35. The first kappa shape index (κ1) is 12.2. The minimum absolute atomic E-state index is 0.117. The number of hydrogen-bond acceptors (Lipinski definition) is 5. The molecule has 0 fully saturated rings. The Morgan fingerprint density at radius 1 is 1.38 bits per heavy atom. The monoisotopic (exact) mass is 222 g/mol. The zero-order valence-electron chi connectivity index (χ0n) is 9.27. The summed E-state index contributed by atoms with van der Waals surface area (Å²) in [5.41, 5.74) is 7.13. The van der Waals surface area contributed by atoms with Crippen molar-refractivity contribution in [2.45, 2.75) is 6.54 Å². The summed E-state index contributed by atoms with van der Waals surface area (Å²) in [6.07, 6.45) is 0. The maximum atomic E-state index is 11.5. The molecule has 0 heterocycles. The van der Waals surface area contributed by atoms with Crippen molar-refractivity contribution < 1.29 is 14.4 Å². The first-order chi connectivity index (χ1) is 7.74. The highest BCUT2D eigenvalue weighted by molar-refractivity contribution is 6.43. The Kier molecular flexibility index (Phi) is 4.47. The van der Waals surface area contributed by atoms with Crippen molar-refractivity contribution in [1.82, 2.24) is 0 Å². The Labute approximate surface area is 93.8 Å². The smallest absolute Gasteiger partial charge is 0.360 e. The van der Waals surface area contributed by atoms with Crippen molar-refractivity contribution in [3.8, 4) is 0 Å². The molecule has 0 aromatic heterocycles. The predicted octanol–water partition coefficient (Wildman–Crippen LogP) is 0.669. The molecule has 16 heavy (non-hydrogen) atoms. The summed E-state index contributed by atoms with van der Waals surface area (Å²) in [5, 5.41) is 3.66.